The Kier molecular flexibility index (Phi) is 5.27. The van der Waals surface area contributed by atoms with Crippen LogP contribution in [0.3, 0.4) is 0 Å². The van der Waals surface area contributed by atoms with Crippen molar-refractivity contribution >= 4 is 23.3 Å². The number of anilines is 1. The van der Waals surface area contributed by atoms with Crippen LogP contribution in [0.1, 0.15) is 28.9 Å². The molecule has 1 aliphatic heterocycles. The summed E-state index contributed by atoms with van der Waals surface area (Å²) < 4.78 is 10.6. The van der Waals surface area contributed by atoms with Gasteiger partial charge < -0.3 is 19.7 Å². The Morgan fingerprint density at radius 1 is 1.03 bits per heavy atom. The van der Waals surface area contributed by atoms with Gasteiger partial charge in [0.15, 0.2) is 11.5 Å². The summed E-state index contributed by atoms with van der Waals surface area (Å²) in [5.74, 6) is -2.11. The third-order valence-electron chi connectivity index (χ3n) is 4.72. The number of methoxy groups -OCH3 is 2. The molecule has 0 aromatic heterocycles. The molecular formula is C21H19NO7. The van der Waals surface area contributed by atoms with Crippen molar-refractivity contribution in [1.82, 2.24) is 0 Å². The highest BCUT2D eigenvalue weighted by atomic mass is 16.5. The molecular weight excluding hydrogens is 378 g/mol. The zero-order chi connectivity index (χ0) is 21.3. The molecule has 0 saturated carbocycles. The van der Waals surface area contributed by atoms with E-state index in [1.807, 2.05) is 0 Å². The van der Waals surface area contributed by atoms with Gasteiger partial charge in [-0.15, -0.1) is 0 Å². The van der Waals surface area contributed by atoms with Gasteiger partial charge in [-0.3, -0.25) is 14.5 Å². The molecule has 1 atom stereocenters. The summed E-state index contributed by atoms with van der Waals surface area (Å²) in [6, 6.07) is 9.54. The van der Waals surface area contributed by atoms with E-state index in [2.05, 4.69) is 0 Å². The first-order valence-electron chi connectivity index (χ1n) is 8.63. The molecule has 2 N–H and O–H groups in total. The van der Waals surface area contributed by atoms with Crippen LogP contribution in [0.2, 0.25) is 0 Å². The minimum Gasteiger partial charge on any atom is -0.503 e. The zero-order valence-corrected chi connectivity index (χ0v) is 16.0. The van der Waals surface area contributed by atoms with Crippen LogP contribution in [0.15, 0.2) is 53.8 Å². The molecule has 0 aliphatic carbocycles. The number of carbonyl (C=O) groups is 3. The maximum absolute atomic E-state index is 12.8. The fraction of sp³-hybridized carbons (Fsp3) is 0.190. The van der Waals surface area contributed by atoms with E-state index < -0.39 is 29.5 Å². The van der Waals surface area contributed by atoms with Crippen molar-refractivity contribution in [3.63, 3.8) is 0 Å². The van der Waals surface area contributed by atoms with Gasteiger partial charge in [0, 0.05) is 17.3 Å². The Morgan fingerprint density at radius 3 is 2.21 bits per heavy atom. The first-order chi connectivity index (χ1) is 13.8. The molecule has 8 nitrogen and oxygen atoms in total. The number of rotatable bonds is 6. The molecule has 150 valence electrons. The van der Waals surface area contributed by atoms with Gasteiger partial charge in [-0.25, -0.2) is 4.79 Å². The van der Waals surface area contributed by atoms with Crippen LogP contribution in [-0.4, -0.2) is 42.1 Å². The predicted octanol–water partition coefficient (Wildman–Crippen LogP) is 2.89. The Hall–Kier alpha value is -3.81. The number of hydrogen-bond donors (Lipinski definition) is 2. The Balaban J connectivity index is 2.19. The van der Waals surface area contributed by atoms with Crippen molar-refractivity contribution in [3.8, 4) is 11.5 Å². The molecule has 2 aromatic carbocycles. The van der Waals surface area contributed by atoms with E-state index in [9.17, 15) is 19.5 Å². The number of ketones is 1. The van der Waals surface area contributed by atoms with Crippen molar-refractivity contribution < 1.29 is 34.1 Å². The lowest BCUT2D eigenvalue weighted by atomic mass is 9.95. The van der Waals surface area contributed by atoms with Crippen LogP contribution in [-0.2, 0) is 9.59 Å². The largest absolute Gasteiger partial charge is 0.503 e. The SMILES string of the molecule is COc1ccc([C@@H]2C(C(C)=O)=C(O)C(=O)N2c2ccc(C(=O)O)cc2)c(OC)c1. The van der Waals surface area contributed by atoms with Crippen molar-refractivity contribution in [1.29, 1.82) is 0 Å². The number of hydrogen-bond acceptors (Lipinski definition) is 6. The molecule has 1 heterocycles. The third-order valence-corrected chi connectivity index (χ3v) is 4.72. The molecule has 29 heavy (non-hydrogen) atoms. The highest BCUT2D eigenvalue weighted by molar-refractivity contribution is 6.16. The maximum Gasteiger partial charge on any atom is 0.335 e. The van der Waals surface area contributed by atoms with Crippen LogP contribution < -0.4 is 14.4 Å². The van der Waals surface area contributed by atoms with E-state index in [4.69, 9.17) is 14.6 Å². The molecule has 3 rings (SSSR count). The second kappa shape index (κ2) is 7.67. The first-order valence-corrected chi connectivity index (χ1v) is 8.63. The van der Waals surface area contributed by atoms with Gasteiger partial charge in [-0.1, -0.05) is 0 Å². The molecule has 0 unspecified atom stereocenters. The first kappa shape index (κ1) is 19.9. The molecule has 0 fully saturated rings. The summed E-state index contributed by atoms with van der Waals surface area (Å²) in [7, 11) is 2.94. The molecule has 1 amide bonds. The second-order valence-corrected chi connectivity index (χ2v) is 6.36. The summed E-state index contributed by atoms with van der Waals surface area (Å²) in [5.41, 5.74) is 0.771. The Labute approximate surface area is 166 Å². The van der Waals surface area contributed by atoms with E-state index in [1.165, 1.54) is 50.3 Å². The number of aliphatic hydroxyl groups is 1. The highest BCUT2D eigenvalue weighted by Crippen LogP contribution is 2.44. The number of ether oxygens (including phenoxy) is 2. The Morgan fingerprint density at radius 2 is 1.69 bits per heavy atom. The van der Waals surface area contributed by atoms with Crippen LogP contribution in [0, 0.1) is 0 Å². The van der Waals surface area contributed by atoms with Crippen LogP contribution >= 0.6 is 0 Å². The van der Waals surface area contributed by atoms with Gasteiger partial charge in [0.2, 0.25) is 0 Å². The topological polar surface area (TPSA) is 113 Å². The van der Waals surface area contributed by atoms with Gasteiger partial charge in [-0.05, 0) is 43.3 Å². The normalized spacial score (nSPS) is 16.2. The summed E-state index contributed by atoms with van der Waals surface area (Å²) in [6.07, 6.45) is 0. The summed E-state index contributed by atoms with van der Waals surface area (Å²) >= 11 is 0. The highest BCUT2D eigenvalue weighted by Gasteiger charge is 2.44. The van der Waals surface area contributed by atoms with Crippen molar-refractivity contribution in [2.75, 3.05) is 19.1 Å². The standard InChI is InChI=1S/C21H19NO7/c1-11(23)17-18(15-9-8-14(28-2)10-16(15)29-3)22(20(25)19(17)24)13-6-4-12(5-7-13)21(26)27/h4-10,18,24H,1-3H3,(H,26,27)/t18-/m1/s1. The fourth-order valence-electron chi connectivity index (χ4n) is 3.33. The average Bonchev–Trinajstić information content (AvgIpc) is 2.98. The number of carboxylic acid groups (broad SMARTS) is 1. The second-order valence-electron chi connectivity index (χ2n) is 6.36. The third kappa shape index (κ3) is 3.40. The van der Waals surface area contributed by atoms with Crippen LogP contribution in [0.4, 0.5) is 5.69 Å². The molecule has 8 heteroatoms. The maximum atomic E-state index is 12.8. The number of aromatic carboxylic acids is 1. The van der Waals surface area contributed by atoms with Gasteiger partial charge >= 0.3 is 5.97 Å². The summed E-state index contributed by atoms with van der Waals surface area (Å²) in [6.45, 7) is 1.26. The molecule has 0 saturated heterocycles. The molecule has 0 radical (unpaired) electrons. The van der Waals surface area contributed by atoms with Crippen LogP contribution in [0.25, 0.3) is 0 Å². The number of benzene rings is 2. The number of carboxylic acids is 1. The van der Waals surface area contributed by atoms with Crippen molar-refractivity contribution in [3.05, 3.63) is 64.9 Å². The van der Waals surface area contributed by atoms with Gasteiger partial charge in [0.05, 0.1) is 31.4 Å². The van der Waals surface area contributed by atoms with E-state index in [1.54, 1.807) is 18.2 Å². The van der Waals surface area contributed by atoms with Crippen molar-refractivity contribution in [2.24, 2.45) is 0 Å². The quantitative estimate of drug-likeness (QED) is 0.770. The number of Topliss-reactive ketones (excluding diaryl/α,β-unsaturated/α-hetero) is 1. The van der Waals surface area contributed by atoms with Gasteiger partial charge in [-0.2, -0.15) is 0 Å². The smallest absolute Gasteiger partial charge is 0.335 e. The monoisotopic (exact) mass is 397 g/mol. The van der Waals surface area contributed by atoms with E-state index >= 15 is 0 Å². The average molecular weight is 397 g/mol. The van der Waals surface area contributed by atoms with Gasteiger partial charge in [0.1, 0.15) is 11.5 Å². The minimum absolute atomic E-state index is 0.0444. The lowest BCUT2D eigenvalue weighted by Gasteiger charge is -2.28. The predicted molar refractivity (Wildman–Crippen MR) is 104 cm³/mol. The molecule has 2 aromatic rings. The fourth-order valence-corrected chi connectivity index (χ4v) is 3.33. The van der Waals surface area contributed by atoms with E-state index in [0.717, 1.165) is 0 Å². The lowest BCUT2D eigenvalue weighted by Crippen LogP contribution is -2.31. The van der Waals surface area contributed by atoms with Crippen LogP contribution in [0.5, 0.6) is 11.5 Å². The number of aliphatic hydroxyl groups excluding tert-OH is 1. The summed E-state index contributed by atoms with van der Waals surface area (Å²) in [4.78, 5) is 37.5. The number of nitrogens with zero attached hydrogens (tertiary/aromatic N) is 1. The minimum atomic E-state index is -1.11. The molecule has 1 aliphatic rings. The number of amides is 1. The molecule has 0 bridgehead atoms. The molecule has 0 spiro atoms. The Bertz CT molecular complexity index is 1020. The zero-order valence-electron chi connectivity index (χ0n) is 16.0. The number of carbonyl (C=O) groups excluding carboxylic acids is 2. The van der Waals surface area contributed by atoms with E-state index in [-0.39, 0.29) is 11.1 Å². The van der Waals surface area contributed by atoms with E-state index in [0.29, 0.717) is 22.7 Å². The van der Waals surface area contributed by atoms with Crippen molar-refractivity contribution in [2.45, 2.75) is 13.0 Å². The summed E-state index contributed by atoms with van der Waals surface area (Å²) in [5, 5.41) is 19.5. The van der Waals surface area contributed by atoms with Gasteiger partial charge in [0.25, 0.3) is 5.91 Å². The lowest BCUT2D eigenvalue weighted by molar-refractivity contribution is -0.117.